The fraction of sp³-hybridized carbons (Fsp3) is 0.0870. The van der Waals surface area contributed by atoms with E-state index in [1.807, 2.05) is 5.43 Å². The molecule has 14 heteroatoms. The zero-order valence-electron chi connectivity index (χ0n) is 18.4. The maximum Gasteiger partial charge on any atom is 0.416 e. The van der Waals surface area contributed by atoms with Crippen LogP contribution in [0.5, 0.6) is 0 Å². The van der Waals surface area contributed by atoms with Gasteiger partial charge in [0.25, 0.3) is 5.91 Å². The van der Waals surface area contributed by atoms with Crippen LogP contribution >= 0.6 is 0 Å². The maximum absolute atomic E-state index is 12.8. The second-order valence-corrected chi connectivity index (χ2v) is 7.35. The smallest absolute Gasteiger partial charge is 0.308 e. The van der Waals surface area contributed by atoms with Crippen molar-refractivity contribution in [3.05, 3.63) is 89.5 Å². The highest BCUT2D eigenvalue weighted by molar-refractivity contribution is 6.01. The minimum Gasteiger partial charge on any atom is -0.308 e. The zero-order valence-corrected chi connectivity index (χ0v) is 18.4. The summed E-state index contributed by atoms with van der Waals surface area (Å²) in [5.74, 6) is -0.779. The third kappa shape index (κ3) is 7.88. The molecular weight excluding hydrogens is 508 g/mol. The second kappa shape index (κ2) is 10.9. The van der Waals surface area contributed by atoms with E-state index in [0.29, 0.717) is 0 Å². The van der Waals surface area contributed by atoms with E-state index in [0.717, 1.165) is 36.4 Å². The molecule has 5 amide bonds. The van der Waals surface area contributed by atoms with Gasteiger partial charge in [0.2, 0.25) is 0 Å². The maximum atomic E-state index is 12.8. The first-order valence-electron chi connectivity index (χ1n) is 10.2. The molecule has 0 atom stereocenters. The molecule has 194 valence electrons. The molecule has 0 bridgehead atoms. The SMILES string of the molecule is O=C(NNC(=O)c1ccc(NC(=O)Nc2cccc(C(F)(F)F)c2)cc1)Nc1cccc(C(F)(F)F)c1. The quantitative estimate of drug-likeness (QED) is 0.218. The molecule has 0 aliphatic rings. The number of rotatable bonds is 4. The summed E-state index contributed by atoms with van der Waals surface area (Å²) in [5.41, 5.74) is 2.16. The average molecular weight is 525 g/mol. The summed E-state index contributed by atoms with van der Waals surface area (Å²) in [7, 11) is 0. The Morgan fingerprint density at radius 1 is 0.541 bits per heavy atom. The number of carbonyl (C=O) groups excluding carboxylic acids is 3. The van der Waals surface area contributed by atoms with E-state index in [9.17, 15) is 40.7 Å². The Kier molecular flexibility index (Phi) is 7.90. The summed E-state index contributed by atoms with van der Waals surface area (Å²) in [5, 5.41) is 6.78. The lowest BCUT2D eigenvalue weighted by atomic mass is 10.2. The Bertz CT molecular complexity index is 1290. The van der Waals surface area contributed by atoms with Crippen molar-refractivity contribution in [2.45, 2.75) is 12.4 Å². The third-order valence-electron chi connectivity index (χ3n) is 4.59. The fourth-order valence-corrected chi connectivity index (χ4v) is 2.89. The van der Waals surface area contributed by atoms with Crippen molar-refractivity contribution in [1.29, 1.82) is 0 Å². The molecule has 37 heavy (non-hydrogen) atoms. The Labute approximate surface area is 205 Å². The second-order valence-electron chi connectivity index (χ2n) is 7.35. The van der Waals surface area contributed by atoms with E-state index in [1.165, 1.54) is 36.4 Å². The molecule has 0 spiro atoms. The molecule has 0 aromatic heterocycles. The lowest BCUT2D eigenvalue weighted by Crippen LogP contribution is -2.43. The van der Waals surface area contributed by atoms with Gasteiger partial charge in [-0.05, 0) is 60.7 Å². The van der Waals surface area contributed by atoms with Gasteiger partial charge in [0.1, 0.15) is 0 Å². The number of hydrogen-bond acceptors (Lipinski definition) is 3. The van der Waals surface area contributed by atoms with Crippen molar-refractivity contribution in [2.75, 3.05) is 16.0 Å². The summed E-state index contributed by atoms with van der Waals surface area (Å²) >= 11 is 0. The molecule has 0 unspecified atom stereocenters. The van der Waals surface area contributed by atoms with Crippen LogP contribution in [0.25, 0.3) is 0 Å². The van der Waals surface area contributed by atoms with Crippen LogP contribution in [0.1, 0.15) is 21.5 Å². The highest BCUT2D eigenvalue weighted by atomic mass is 19.4. The van der Waals surface area contributed by atoms with E-state index in [1.54, 1.807) is 0 Å². The third-order valence-corrected chi connectivity index (χ3v) is 4.59. The number of carbonyl (C=O) groups is 3. The highest BCUT2D eigenvalue weighted by Gasteiger charge is 2.31. The normalized spacial score (nSPS) is 11.3. The minimum atomic E-state index is -4.59. The number of urea groups is 2. The predicted octanol–water partition coefficient (Wildman–Crippen LogP) is 5.83. The van der Waals surface area contributed by atoms with Gasteiger partial charge in [-0.2, -0.15) is 26.3 Å². The van der Waals surface area contributed by atoms with Crippen LogP contribution in [0.4, 0.5) is 53.0 Å². The van der Waals surface area contributed by atoms with Crippen molar-refractivity contribution in [2.24, 2.45) is 0 Å². The zero-order chi connectivity index (χ0) is 27.2. The lowest BCUT2D eigenvalue weighted by Gasteiger charge is -2.12. The molecule has 0 heterocycles. The number of amides is 5. The first-order chi connectivity index (χ1) is 17.3. The van der Waals surface area contributed by atoms with Crippen LogP contribution in [0.3, 0.4) is 0 Å². The van der Waals surface area contributed by atoms with Crippen LogP contribution in [-0.4, -0.2) is 18.0 Å². The summed E-state index contributed by atoms with van der Waals surface area (Å²) in [6, 6.07) is 11.3. The van der Waals surface area contributed by atoms with Gasteiger partial charge in [0.05, 0.1) is 11.1 Å². The van der Waals surface area contributed by atoms with E-state index < -0.39 is 41.4 Å². The van der Waals surface area contributed by atoms with Crippen LogP contribution in [0.15, 0.2) is 72.8 Å². The van der Waals surface area contributed by atoms with Crippen LogP contribution in [-0.2, 0) is 12.4 Å². The summed E-state index contributed by atoms with van der Waals surface area (Å²) in [6.07, 6.45) is -9.17. The lowest BCUT2D eigenvalue weighted by molar-refractivity contribution is -0.138. The van der Waals surface area contributed by atoms with Crippen LogP contribution in [0, 0.1) is 0 Å². The Morgan fingerprint density at radius 3 is 1.49 bits per heavy atom. The minimum absolute atomic E-state index is 0.0446. The van der Waals surface area contributed by atoms with Crippen molar-refractivity contribution in [1.82, 2.24) is 10.9 Å². The predicted molar refractivity (Wildman–Crippen MR) is 122 cm³/mol. The van der Waals surface area contributed by atoms with Crippen molar-refractivity contribution in [3.8, 4) is 0 Å². The number of anilines is 3. The van der Waals surface area contributed by atoms with Gasteiger partial charge in [0, 0.05) is 22.6 Å². The highest BCUT2D eigenvalue weighted by Crippen LogP contribution is 2.31. The standard InChI is InChI=1S/C23H17F6N5O3/c24-22(25,26)14-3-1-5-17(11-14)31-20(36)30-16-9-7-13(8-10-16)19(35)33-34-21(37)32-18-6-2-4-15(12-18)23(27,28)29/h1-12H,(H,33,35)(H2,30,31,36)(H2,32,34,37). The van der Waals surface area contributed by atoms with Crippen LogP contribution < -0.4 is 26.8 Å². The van der Waals surface area contributed by atoms with Crippen LogP contribution in [0.2, 0.25) is 0 Å². The van der Waals surface area contributed by atoms with Gasteiger partial charge >= 0.3 is 24.4 Å². The number of hydrogen-bond donors (Lipinski definition) is 5. The molecule has 0 aliphatic heterocycles. The molecule has 3 rings (SSSR count). The molecule has 5 N–H and O–H groups in total. The van der Waals surface area contributed by atoms with E-state index in [2.05, 4.69) is 21.4 Å². The number of halogens is 6. The molecule has 0 saturated heterocycles. The first-order valence-corrected chi connectivity index (χ1v) is 10.2. The Morgan fingerprint density at radius 2 is 1.00 bits per heavy atom. The molecular formula is C23H17F6N5O3. The largest absolute Gasteiger partial charge is 0.416 e. The van der Waals surface area contributed by atoms with Gasteiger partial charge in [0.15, 0.2) is 0 Å². The number of nitrogens with one attached hydrogen (secondary N) is 5. The summed E-state index contributed by atoms with van der Waals surface area (Å²) in [4.78, 5) is 36.1. The number of benzene rings is 3. The first kappa shape index (κ1) is 26.8. The van der Waals surface area contributed by atoms with Gasteiger partial charge in [-0.1, -0.05) is 12.1 Å². The molecule has 3 aromatic rings. The molecule has 3 aromatic carbocycles. The summed E-state index contributed by atoms with van der Waals surface area (Å²) < 4.78 is 76.6. The van der Waals surface area contributed by atoms with E-state index in [-0.39, 0.29) is 22.6 Å². The Hall–Kier alpha value is -4.75. The fourth-order valence-electron chi connectivity index (χ4n) is 2.89. The number of alkyl halides is 6. The van der Waals surface area contributed by atoms with Crippen molar-refractivity contribution >= 4 is 35.0 Å². The van der Waals surface area contributed by atoms with Gasteiger partial charge in [-0.15, -0.1) is 0 Å². The molecule has 0 radical (unpaired) electrons. The van der Waals surface area contributed by atoms with Crippen molar-refractivity contribution in [3.63, 3.8) is 0 Å². The number of hydrazine groups is 1. The Balaban J connectivity index is 1.50. The molecule has 0 fully saturated rings. The topological polar surface area (TPSA) is 111 Å². The molecule has 0 saturated carbocycles. The van der Waals surface area contributed by atoms with Gasteiger partial charge < -0.3 is 16.0 Å². The monoisotopic (exact) mass is 525 g/mol. The van der Waals surface area contributed by atoms with Crippen molar-refractivity contribution < 1.29 is 40.7 Å². The van der Waals surface area contributed by atoms with Gasteiger partial charge in [-0.25, -0.2) is 15.0 Å². The molecule has 8 nitrogen and oxygen atoms in total. The van der Waals surface area contributed by atoms with E-state index >= 15 is 0 Å². The van der Waals surface area contributed by atoms with Gasteiger partial charge in [-0.3, -0.25) is 10.2 Å². The molecule has 0 aliphatic carbocycles. The van der Waals surface area contributed by atoms with E-state index in [4.69, 9.17) is 0 Å². The summed E-state index contributed by atoms with van der Waals surface area (Å²) in [6.45, 7) is 0. The average Bonchev–Trinajstić information content (AvgIpc) is 2.82.